The van der Waals surface area contributed by atoms with E-state index in [2.05, 4.69) is 17.6 Å². The SMILES string of the molecule is CCCCCCCCCCCCOC(=O)c1ccc(C(=O)Nc2cc(Cl)c(NC(=O)C(CC)S(=O)(=O)c3ccc(SC)cc3)cc2O)cc1. The Bertz CT molecular complexity index is 1650. The second kappa shape index (κ2) is 20.2. The number of anilines is 2. The number of unbranched alkanes of at least 4 members (excludes halogenated alkanes) is 9. The van der Waals surface area contributed by atoms with Gasteiger partial charge in [-0.3, -0.25) is 9.59 Å². The molecule has 3 rings (SSSR count). The first kappa shape index (κ1) is 39.9. The quantitative estimate of drug-likeness (QED) is 0.0453. The van der Waals surface area contributed by atoms with Crippen LogP contribution in [-0.4, -0.2) is 49.4 Å². The number of nitrogens with one attached hydrogen (secondary N) is 2. The lowest BCUT2D eigenvalue weighted by Crippen LogP contribution is -2.34. The molecule has 2 amide bonds. The molecule has 3 N–H and O–H groups in total. The van der Waals surface area contributed by atoms with Crippen LogP contribution in [0.25, 0.3) is 0 Å². The van der Waals surface area contributed by atoms with Crippen molar-refractivity contribution in [2.45, 2.75) is 99.5 Å². The van der Waals surface area contributed by atoms with E-state index in [-0.39, 0.29) is 33.3 Å². The normalized spacial score (nSPS) is 11.9. The fraction of sp³-hybridized carbons (Fsp3) is 0.432. The molecule has 0 saturated carbocycles. The van der Waals surface area contributed by atoms with Gasteiger partial charge in [-0.05, 0) is 73.7 Å². The first-order valence-corrected chi connectivity index (χ1v) is 20.0. The molecule has 0 bridgehead atoms. The summed E-state index contributed by atoms with van der Waals surface area (Å²) in [6.07, 6.45) is 13.8. The van der Waals surface area contributed by atoms with Gasteiger partial charge in [0.05, 0.1) is 33.5 Å². The van der Waals surface area contributed by atoms with Crippen LogP contribution >= 0.6 is 23.4 Å². The van der Waals surface area contributed by atoms with Crippen molar-refractivity contribution in [3.8, 4) is 5.75 Å². The van der Waals surface area contributed by atoms with Gasteiger partial charge in [0.2, 0.25) is 5.91 Å². The average Bonchev–Trinajstić information content (AvgIpc) is 3.09. The monoisotopic (exact) mass is 730 g/mol. The van der Waals surface area contributed by atoms with Crippen molar-refractivity contribution in [1.82, 2.24) is 0 Å². The van der Waals surface area contributed by atoms with Crippen molar-refractivity contribution < 1.29 is 32.6 Å². The molecule has 1 unspecified atom stereocenters. The fourth-order valence-electron chi connectivity index (χ4n) is 5.24. The minimum absolute atomic E-state index is 0.00601. The highest BCUT2D eigenvalue weighted by Crippen LogP contribution is 2.35. The van der Waals surface area contributed by atoms with Crippen LogP contribution in [0.1, 0.15) is 105 Å². The molecule has 3 aromatic rings. The van der Waals surface area contributed by atoms with Gasteiger partial charge in [0.1, 0.15) is 11.0 Å². The molecule has 1 atom stereocenters. The molecule has 266 valence electrons. The third-order valence-electron chi connectivity index (χ3n) is 8.13. The number of halogens is 1. The molecule has 0 spiro atoms. The minimum Gasteiger partial charge on any atom is -0.506 e. The van der Waals surface area contributed by atoms with Crippen molar-refractivity contribution in [2.24, 2.45) is 0 Å². The largest absolute Gasteiger partial charge is 0.506 e. The van der Waals surface area contributed by atoms with Gasteiger partial charge >= 0.3 is 5.97 Å². The van der Waals surface area contributed by atoms with E-state index in [4.69, 9.17) is 16.3 Å². The number of rotatable bonds is 20. The van der Waals surface area contributed by atoms with Gasteiger partial charge in [0.25, 0.3) is 5.91 Å². The first-order chi connectivity index (χ1) is 23.5. The van der Waals surface area contributed by atoms with E-state index in [1.807, 2.05) is 6.26 Å². The lowest BCUT2D eigenvalue weighted by atomic mass is 10.1. The molecule has 9 nitrogen and oxygen atoms in total. The Kier molecular flexibility index (Phi) is 16.5. The van der Waals surface area contributed by atoms with Crippen LogP contribution in [0, 0.1) is 0 Å². The van der Waals surface area contributed by atoms with E-state index in [0.717, 1.165) is 30.2 Å². The smallest absolute Gasteiger partial charge is 0.338 e. The third-order valence-corrected chi connectivity index (χ3v) is 11.4. The number of sulfone groups is 1. The van der Waals surface area contributed by atoms with Gasteiger partial charge in [0, 0.05) is 16.5 Å². The average molecular weight is 731 g/mol. The molecule has 12 heteroatoms. The van der Waals surface area contributed by atoms with E-state index in [1.165, 1.54) is 99.2 Å². The summed E-state index contributed by atoms with van der Waals surface area (Å²) in [5.41, 5.74) is 0.496. The number of amides is 2. The maximum Gasteiger partial charge on any atom is 0.338 e. The standard InChI is InChI=1S/C37H47ClN2O7S2/c1-4-6-7-8-9-10-11-12-13-14-23-47-37(44)27-17-15-26(16-18-27)35(42)40-32-24-30(38)31(25-33(32)41)39-36(43)34(5-2)49(45,46)29-21-19-28(48-3)20-22-29/h15-22,24-25,34,41H,4-14,23H2,1-3H3,(H,39,43)(H,40,42). The predicted octanol–water partition coefficient (Wildman–Crippen LogP) is 9.29. The second-order valence-electron chi connectivity index (χ2n) is 11.8. The molecule has 0 aliphatic carbocycles. The Morgan fingerprint density at radius 1 is 0.796 bits per heavy atom. The van der Waals surface area contributed by atoms with Gasteiger partial charge in [-0.25, -0.2) is 13.2 Å². The van der Waals surface area contributed by atoms with Crippen LogP contribution in [0.15, 0.2) is 70.5 Å². The molecule has 0 radical (unpaired) electrons. The second-order valence-corrected chi connectivity index (χ2v) is 15.2. The zero-order chi connectivity index (χ0) is 35.8. The molecular formula is C37H47ClN2O7S2. The van der Waals surface area contributed by atoms with Crippen LogP contribution in [0.3, 0.4) is 0 Å². The molecular weight excluding hydrogens is 684 g/mol. The highest BCUT2D eigenvalue weighted by Gasteiger charge is 2.33. The number of hydrogen-bond acceptors (Lipinski definition) is 8. The Labute approximate surface area is 299 Å². The molecule has 0 fully saturated rings. The predicted molar refractivity (Wildman–Crippen MR) is 198 cm³/mol. The van der Waals surface area contributed by atoms with Crippen LogP contribution in [0.5, 0.6) is 5.75 Å². The molecule has 3 aromatic carbocycles. The summed E-state index contributed by atoms with van der Waals surface area (Å²) in [6, 6.07) is 14.6. The van der Waals surface area contributed by atoms with Crippen LogP contribution in [0.2, 0.25) is 5.02 Å². The Morgan fingerprint density at radius 2 is 1.37 bits per heavy atom. The summed E-state index contributed by atoms with van der Waals surface area (Å²) in [4.78, 5) is 39.3. The molecule has 0 aliphatic rings. The van der Waals surface area contributed by atoms with E-state index in [1.54, 1.807) is 19.1 Å². The Hall–Kier alpha value is -3.54. The number of hydrogen-bond donors (Lipinski definition) is 3. The number of esters is 1. The van der Waals surface area contributed by atoms with Gasteiger partial charge in [-0.2, -0.15) is 0 Å². The number of ether oxygens (including phenoxy) is 1. The zero-order valence-electron chi connectivity index (χ0n) is 28.4. The van der Waals surface area contributed by atoms with E-state index in [9.17, 15) is 27.9 Å². The van der Waals surface area contributed by atoms with Crippen LogP contribution in [-0.2, 0) is 19.4 Å². The third kappa shape index (κ3) is 12.1. The Morgan fingerprint density at radius 3 is 1.94 bits per heavy atom. The molecule has 0 aliphatic heterocycles. The van der Waals surface area contributed by atoms with E-state index in [0.29, 0.717) is 12.2 Å². The number of phenolic OH excluding ortho intramolecular Hbond substituents is 1. The summed E-state index contributed by atoms with van der Waals surface area (Å²) in [5, 5.41) is 14.3. The van der Waals surface area contributed by atoms with Gasteiger partial charge in [-0.1, -0.05) is 83.2 Å². The van der Waals surface area contributed by atoms with Crippen molar-refractivity contribution in [3.63, 3.8) is 0 Å². The summed E-state index contributed by atoms with van der Waals surface area (Å²) in [7, 11) is -4.01. The maximum absolute atomic E-state index is 13.2. The summed E-state index contributed by atoms with van der Waals surface area (Å²) in [6.45, 7) is 4.15. The first-order valence-electron chi connectivity index (χ1n) is 16.8. The number of benzene rings is 3. The molecule has 0 aromatic heterocycles. The summed E-state index contributed by atoms with van der Waals surface area (Å²) < 4.78 is 31.8. The number of thioether (sulfide) groups is 1. The van der Waals surface area contributed by atoms with E-state index >= 15 is 0 Å². The van der Waals surface area contributed by atoms with Crippen molar-refractivity contribution in [3.05, 3.63) is 76.8 Å². The van der Waals surface area contributed by atoms with Crippen molar-refractivity contribution in [1.29, 1.82) is 0 Å². The molecule has 0 saturated heterocycles. The van der Waals surface area contributed by atoms with Crippen molar-refractivity contribution >= 4 is 62.4 Å². The number of carbonyl (C=O) groups is 3. The fourth-order valence-corrected chi connectivity index (χ4v) is 7.48. The Balaban J connectivity index is 1.51. The van der Waals surface area contributed by atoms with Crippen LogP contribution in [0.4, 0.5) is 11.4 Å². The topological polar surface area (TPSA) is 139 Å². The van der Waals surface area contributed by atoms with Gasteiger partial charge in [-0.15, -0.1) is 11.8 Å². The number of phenols is 1. The maximum atomic E-state index is 13.2. The highest BCUT2D eigenvalue weighted by molar-refractivity contribution is 7.98. The van der Waals surface area contributed by atoms with E-state index < -0.39 is 38.6 Å². The summed E-state index contributed by atoms with van der Waals surface area (Å²) >= 11 is 7.84. The van der Waals surface area contributed by atoms with Gasteiger partial charge < -0.3 is 20.5 Å². The summed E-state index contributed by atoms with van der Waals surface area (Å²) in [5.74, 6) is -2.24. The molecule has 0 heterocycles. The van der Waals surface area contributed by atoms with Gasteiger partial charge in [0.15, 0.2) is 9.84 Å². The minimum atomic E-state index is -4.01. The zero-order valence-corrected chi connectivity index (χ0v) is 30.8. The highest BCUT2D eigenvalue weighted by atomic mass is 35.5. The number of carbonyl (C=O) groups excluding carboxylic acids is 3. The lowest BCUT2D eigenvalue weighted by Gasteiger charge is -2.18. The lowest BCUT2D eigenvalue weighted by molar-refractivity contribution is -0.115. The number of aromatic hydroxyl groups is 1. The van der Waals surface area contributed by atoms with Crippen LogP contribution < -0.4 is 10.6 Å². The van der Waals surface area contributed by atoms with Crippen molar-refractivity contribution in [2.75, 3.05) is 23.5 Å². The molecule has 49 heavy (non-hydrogen) atoms.